The molecule has 2 heterocycles. The first-order chi connectivity index (χ1) is 13.4. The summed E-state index contributed by atoms with van der Waals surface area (Å²) in [5.74, 6) is -2.91. The standard InChI is InChI=1S/C20H18N2O6/c1-28-14-6-4-12(5-7-14)18(25)16-17(13-3-2-9-21-11-13)22(10-8-15(23)24)20(27)19(16)26/h2-7,9,11,17,25H,8,10H2,1H3,(H,23,24)/p-1/t17-/m1/s1. The van der Waals surface area contributed by atoms with Crippen LogP contribution in [0.2, 0.25) is 0 Å². The predicted octanol–water partition coefficient (Wildman–Crippen LogP) is 0.652. The van der Waals surface area contributed by atoms with Gasteiger partial charge in [0.2, 0.25) is 0 Å². The summed E-state index contributed by atoms with van der Waals surface area (Å²) in [4.78, 5) is 41.2. The molecule has 1 atom stereocenters. The van der Waals surface area contributed by atoms with Crippen LogP contribution >= 0.6 is 0 Å². The van der Waals surface area contributed by atoms with Gasteiger partial charge in [-0.2, -0.15) is 0 Å². The molecule has 8 nitrogen and oxygen atoms in total. The lowest BCUT2D eigenvalue weighted by atomic mass is 9.96. The Bertz CT molecular complexity index is 937. The van der Waals surface area contributed by atoms with E-state index >= 15 is 0 Å². The molecule has 0 unspecified atom stereocenters. The number of nitrogens with zero attached hydrogens (tertiary/aromatic N) is 2. The van der Waals surface area contributed by atoms with Crippen molar-refractivity contribution in [1.82, 2.24) is 9.88 Å². The molecule has 1 aromatic carbocycles. The number of ketones is 1. The molecule has 2 aromatic rings. The number of carboxylic acids is 1. The Morgan fingerprint density at radius 3 is 2.54 bits per heavy atom. The van der Waals surface area contributed by atoms with Crippen molar-refractivity contribution in [3.63, 3.8) is 0 Å². The first kappa shape index (κ1) is 19.1. The third-order valence-corrected chi connectivity index (χ3v) is 4.46. The van der Waals surface area contributed by atoms with Crippen molar-refractivity contribution in [3.8, 4) is 5.75 Å². The van der Waals surface area contributed by atoms with Crippen LogP contribution in [0.1, 0.15) is 23.6 Å². The van der Waals surface area contributed by atoms with Crippen LogP contribution < -0.4 is 9.84 Å². The summed E-state index contributed by atoms with van der Waals surface area (Å²) < 4.78 is 5.08. The topological polar surface area (TPSA) is 120 Å². The number of methoxy groups -OCH3 is 1. The highest BCUT2D eigenvalue weighted by Gasteiger charge is 2.45. The second-order valence-corrected chi connectivity index (χ2v) is 6.13. The number of carbonyl (C=O) groups excluding carboxylic acids is 3. The molecule has 1 amide bonds. The molecule has 0 aliphatic carbocycles. The van der Waals surface area contributed by atoms with E-state index in [0.717, 1.165) is 4.90 Å². The van der Waals surface area contributed by atoms with Crippen molar-refractivity contribution in [2.75, 3.05) is 13.7 Å². The van der Waals surface area contributed by atoms with Crippen LogP contribution in [0.15, 0.2) is 54.4 Å². The lowest BCUT2D eigenvalue weighted by molar-refractivity contribution is -0.305. The number of benzene rings is 1. The number of carbonyl (C=O) groups is 3. The summed E-state index contributed by atoms with van der Waals surface area (Å²) in [7, 11) is 1.50. The first-order valence-corrected chi connectivity index (χ1v) is 8.46. The van der Waals surface area contributed by atoms with Crippen molar-refractivity contribution in [1.29, 1.82) is 0 Å². The lowest BCUT2D eigenvalue weighted by Gasteiger charge is -2.25. The van der Waals surface area contributed by atoms with Gasteiger partial charge in [-0.3, -0.25) is 14.6 Å². The van der Waals surface area contributed by atoms with E-state index in [1.54, 1.807) is 36.4 Å². The fraction of sp³-hybridized carbons (Fsp3) is 0.200. The highest BCUT2D eigenvalue weighted by Crippen LogP contribution is 2.39. The van der Waals surface area contributed by atoms with Crippen molar-refractivity contribution in [2.24, 2.45) is 0 Å². The number of hydrogen-bond acceptors (Lipinski definition) is 7. The molecule has 1 saturated heterocycles. The Kier molecular flexibility index (Phi) is 5.39. The van der Waals surface area contributed by atoms with E-state index in [9.17, 15) is 24.6 Å². The van der Waals surface area contributed by atoms with E-state index in [4.69, 9.17) is 4.74 Å². The summed E-state index contributed by atoms with van der Waals surface area (Å²) in [6.07, 6.45) is 2.55. The number of aliphatic carboxylic acids is 1. The SMILES string of the molecule is COc1ccc(C(O)=C2C(=O)C(=O)N(CCC(=O)[O-])[C@@H]2c2cccnc2)cc1. The quantitative estimate of drug-likeness (QED) is 0.443. The van der Waals surface area contributed by atoms with Gasteiger partial charge in [0.1, 0.15) is 11.5 Å². The number of aliphatic hydroxyl groups is 1. The largest absolute Gasteiger partial charge is 0.550 e. The van der Waals surface area contributed by atoms with E-state index in [1.807, 2.05) is 0 Å². The fourth-order valence-corrected chi connectivity index (χ4v) is 3.11. The van der Waals surface area contributed by atoms with Crippen molar-refractivity contribution in [2.45, 2.75) is 12.5 Å². The van der Waals surface area contributed by atoms with E-state index in [0.29, 0.717) is 16.9 Å². The molecule has 0 saturated carbocycles. The Morgan fingerprint density at radius 1 is 1.25 bits per heavy atom. The smallest absolute Gasteiger partial charge is 0.295 e. The maximum atomic E-state index is 12.7. The number of likely N-dealkylation sites (tertiary alicyclic amines) is 1. The van der Waals surface area contributed by atoms with Crippen molar-refractivity contribution in [3.05, 3.63) is 65.5 Å². The zero-order chi connectivity index (χ0) is 20.3. The minimum absolute atomic E-state index is 0.124. The summed E-state index contributed by atoms with van der Waals surface area (Å²) in [5.41, 5.74) is 0.684. The zero-order valence-electron chi connectivity index (χ0n) is 15.0. The number of aromatic nitrogens is 1. The normalized spacial score (nSPS) is 18.3. The van der Waals surface area contributed by atoms with Gasteiger partial charge in [-0.05, 0) is 35.9 Å². The Labute approximate surface area is 160 Å². The maximum Gasteiger partial charge on any atom is 0.295 e. The number of rotatable bonds is 6. The highest BCUT2D eigenvalue weighted by molar-refractivity contribution is 6.46. The molecule has 3 rings (SSSR count). The number of aliphatic hydroxyl groups excluding tert-OH is 1. The molecular weight excluding hydrogens is 364 g/mol. The van der Waals surface area contributed by atoms with Crippen molar-refractivity contribution >= 4 is 23.4 Å². The summed E-state index contributed by atoms with van der Waals surface area (Å²) in [5, 5.41) is 21.7. The van der Waals surface area contributed by atoms with Gasteiger partial charge < -0.3 is 24.6 Å². The fourth-order valence-electron chi connectivity index (χ4n) is 3.11. The second kappa shape index (κ2) is 7.91. The monoisotopic (exact) mass is 381 g/mol. The van der Waals surface area contributed by atoms with E-state index in [-0.39, 0.29) is 17.9 Å². The van der Waals surface area contributed by atoms with Crippen LogP contribution in [0.4, 0.5) is 0 Å². The van der Waals surface area contributed by atoms with E-state index < -0.39 is 30.1 Å². The zero-order valence-corrected chi connectivity index (χ0v) is 15.0. The van der Waals surface area contributed by atoms with Gasteiger partial charge >= 0.3 is 0 Å². The number of Topliss-reactive ketones (excluding diaryl/α,β-unsaturated/α-hetero) is 1. The average molecular weight is 381 g/mol. The maximum absolute atomic E-state index is 12.7. The second-order valence-electron chi connectivity index (χ2n) is 6.13. The number of hydrogen-bond donors (Lipinski definition) is 1. The summed E-state index contributed by atoms with van der Waals surface area (Å²) >= 11 is 0. The van der Waals surface area contributed by atoms with Crippen LogP contribution in [0, 0.1) is 0 Å². The molecule has 0 spiro atoms. The van der Waals surface area contributed by atoms with Gasteiger partial charge in [-0.15, -0.1) is 0 Å². The van der Waals surface area contributed by atoms with Gasteiger partial charge in [-0.25, -0.2) is 0 Å². The molecule has 0 radical (unpaired) electrons. The Hall–Kier alpha value is -3.68. The Balaban J connectivity index is 2.11. The molecule has 144 valence electrons. The third kappa shape index (κ3) is 3.57. The number of pyridine rings is 1. The average Bonchev–Trinajstić information content (AvgIpc) is 2.97. The molecular formula is C20H17N2O6-. The van der Waals surface area contributed by atoms with Crippen LogP contribution in [-0.2, 0) is 14.4 Å². The molecule has 1 aliphatic heterocycles. The minimum atomic E-state index is -1.35. The molecule has 0 bridgehead atoms. The summed E-state index contributed by atoms with van der Waals surface area (Å²) in [6, 6.07) is 8.67. The van der Waals surface area contributed by atoms with Crippen LogP contribution in [0.5, 0.6) is 5.75 Å². The summed E-state index contributed by atoms with van der Waals surface area (Å²) in [6.45, 7) is -0.230. The van der Waals surface area contributed by atoms with Gasteiger partial charge in [0.05, 0.1) is 18.7 Å². The van der Waals surface area contributed by atoms with Gasteiger partial charge in [0, 0.05) is 36.9 Å². The number of carboxylic acid groups (broad SMARTS) is 1. The minimum Gasteiger partial charge on any atom is -0.550 e. The van der Waals surface area contributed by atoms with Crippen LogP contribution in [-0.4, -0.2) is 46.3 Å². The molecule has 1 N–H and O–H groups in total. The molecule has 1 aromatic heterocycles. The number of ether oxygens (including phenoxy) is 1. The van der Waals surface area contributed by atoms with Crippen LogP contribution in [0.25, 0.3) is 5.76 Å². The Morgan fingerprint density at radius 2 is 1.96 bits per heavy atom. The van der Waals surface area contributed by atoms with Gasteiger partial charge in [0.15, 0.2) is 0 Å². The predicted molar refractivity (Wildman–Crippen MR) is 95.9 cm³/mol. The van der Waals surface area contributed by atoms with E-state index in [2.05, 4.69) is 4.98 Å². The highest BCUT2D eigenvalue weighted by atomic mass is 16.5. The third-order valence-electron chi connectivity index (χ3n) is 4.46. The molecule has 1 fully saturated rings. The van der Waals surface area contributed by atoms with E-state index in [1.165, 1.54) is 19.5 Å². The molecule has 28 heavy (non-hydrogen) atoms. The van der Waals surface area contributed by atoms with Crippen molar-refractivity contribution < 1.29 is 29.3 Å². The first-order valence-electron chi connectivity index (χ1n) is 8.46. The lowest BCUT2D eigenvalue weighted by Crippen LogP contribution is -2.34. The van der Waals surface area contributed by atoms with Crippen LogP contribution in [0.3, 0.4) is 0 Å². The molecule has 1 aliphatic rings. The van der Waals surface area contributed by atoms with Gasteiger partial charge in [0.25, 0.3) is 11.7 Å². The molecule has 8 heteroatoms. The van der Waals surface area contributed by atoms with Gasteiger partial charge in [-0.1, -0.05) is 6.07 Å². The number of amides is 1.